The Balaban J connectivity index is 2.22. The van der Waals surface area contributed by atoms with Crippen molar-refractivity contribution in [3.05, 3.63) is 71.8 Å². The first-order valence-corrected chi connectivity index (χ1v) is 13.7. The summed E-state index contributed by atoms with van der Waals surface area (Å²) in [5.74, 6) is 0.155. The average molecular weight is 494 g/mol. The molecule has 0 fully saturated rings. The maximum atomic E-state index is 14.3. The number of hydrogen-bond acceptors (Lipinski definition) is 7. The van der Waals surface area contributed by atoms with Gasteiger partial charge in [-0.15, -0.1) is 0 Å². The fraction of sp³-hybridized carbons (Fsp3) is 0.348. The highest BCUT2D eigenvalue weighted by molar-refractivity contribution is 7.90. The molecule has 0 spiro atoms. The molecule has 3 rings (SSSR count). The number of ketones is 1. The third kappa shape index (κ3) is 4.98. The molecule has 33 heavy (non-hydrogen) atoms. The van der Waals surface area contributed by atoms with Crippen LogP contribution in [0.3, 0.4) is 0 Å². The Kier molecular flexibility index (Phi) is 7.92. The van der Waals surface area contributed by atoms with Crippen molar-refractivity contribution in [3.63, 3.8) is 0 Å². The van der Waals surface area contributed by atoms with Crippen molar-refractivity contribution in [2.24, 2.45) is 0 Å². The Morgan fingerprint density at radius 2 is 1.58 bits per heavy atom. The van der Waals surface area contributed by atoms with E-state index in [1.165, 1.54) is 43.5 Å². The van der Waals surface area contributed by atoms with Crippen LogP contribution in [-0.4, -0.2) is 34.5 Å². The summed E-state index contributed by atoms with van der Waals surface area (Å²) in [5.41, 5.74) is 0.433. The standard InChI is InChI=1S/C23H28NO7PS/c1-4-16-30-32(26,31-17-5-2)23(15-14-22(25)20-8-6-7-9-21(20)23)24-33(27,28)19-12-10-18(29-3)11-13-19/h6-15,24H,4-5,16-17H2,1-3H3. The van der Waals surface area contributed by atoms with Crippen molar-refractivity contribution in [3.8, 4) is 5.75 Å². The molecule has 0 saturated carbocycles. The number of ether oxygens (including phenoxy) is 1. The minimum Gasteiger partial charge on any atom is -0.497 e. The molecular formula is C23H28NO7PS. The summed E-state index contributed by atoms with van der Waals surface area (Å²) in [6.45, 7) is 3.84. The smallest absolute Gasteiger partial charge is 0.360 e. The molecule has 0 radical (unpaired) electrons. The molecule has 1 aliphatic rings. The lowest BCUT2D eigenvalue weighted by Crippen LogP contribution is -2.47. The summed E-state index contributed by atoms with van der Waals surface area (Å²) >= 11 is 0. The van der Waals surface area contributed by atoms with Gasteiger partial charge in [-0.05, 0) is 49.3 Å². The molecule has 0 aliphatic heterocycles. The van der Waals surface area contributed by atoms with Crippen LogP contribution >= 0.6 is 7.60 Å². The third-order valence-electron chi connectivity index (χ3n) is 5.10. The van der Waals surface area contributed by atoms with Crippen LogP contribution in [0, 0.1) is 0 Å². The van der Waals surface area contributed by atoms with E-state index in [-0.39, 0.29) is 35.0 Å². The van der Waals surface area contributed by atoms with E-state index in [2.05, 4.69) is 4.72 Å². The molecule has 2 aromatic rings. The minimum absolute atomic E-state index is 0.0667. The van der Waals surface area contributed by atoms with E-state index in [0.717, 1.165) is 0 Å². The summed E-state index contributed by atoms with van der Waals surface area (Å²) in [6.07, 6.45) is 3.55. The first-order chi connectivity index (χ1) is 15.7. The number of sulfonamides is 1. The van der Waals surface area contributed by atoms with Gasteiger partial charge in [0, 0.05) is 11.1 Å². The Labute approximate surface area is 194 Å². The van der Waals surface area contributed by atoms with Crippen LogP contribution in [0.2, 0.25) is 0 Å². The normalized spacial score (nSPS) is 18.2. The average Bonchev–Trinajstić information content (AvgIpc) is 2.83. The monoisotopic (exact) mass is 493 g/mol. The number of fused-ring (bicyclic) bond motifs is 1. The van der Waals surface area contributed by atoms with Gasteiger partial charge < -0.3 is 13.8 Å². The highest BCUT2D eigenvalue weighted by atomic mass is 32.2. The molecule has 1 unspecified atom stereocenters. The fourth-order valence-electron chi connectivity index (χ4n) is 3.47. The largest absolute Gasteiger partial charge is 0.497 e. The summed E-state index contributed by atoms with van der Waals surface area (Å²) in [5, 5.41) is -1.93. The van der Waals surface area contributed by atoms with Gasteiger partial charge in [0.1, 0.15) is 5.75 Å². The van der Waals surface area contributed by atoms with Gasteiger partial charge in [0.05, 0.1) is 25.2 Å². The van der Waals surface area contributed by atoms with Crippen molar-refractivity contribution in [2.45, 2.75) is 36.9 Å². The Morgan fingerprint density at radius 1 is 0.970 bits per heavy atom. The van der Waals surface area contributed by atoms with E-state index in [0.29, 0.717) is 18.6 Å². The van der Waals surface area contributed by atoms with E-state index in [1.807, 2.05) is 13.8 Å². The lowest BCUT2D eigenvalue weighted by molar-refractivity contribution is 0.104. The molecule has 0 amide bonds. The summed E-state index contributed by atoms with van der Waals surface area (Å²) in [7, 11) is -6.96. The zero-order chi connectivity index (χ0) is 24.1. The molecular weight excluding hydrogens is 465 g/mol. The molecule has 1 aliphatic carbocycles. The molecule has 178 valence electrons. The first kappa shape index (κ1) is 25.3. The van der Waals surface area contributed by atoms with Crippen LogP contribution in [0.1, 0.15) is 42.6 Å². The van der Waals surface area contributed by atoms with Crippen molar-refractivity contribution in [2.75, 3.05) is 20.3 Å². The van der Waals surface area contributed by atoms with Crippen molar-refractivity contribution < 1.29 is 31.6 Å². The molecule has 10 heteroatoms. The van der Waals surface area contributed by atoms with Gasteiger partial charge in [-0.3, -0.25) is 9.36 Å². The zero-order valence-electron chi connectivity index (χ0n) is 18.8. The molecule has 8 nitrogen and oxygen atoms in total. The Morgan fingerprint density at radius 3 is 2.15 bits per heavy atom. The summed E-state index contributed by atoms with van der Waals surface area (Å²) in [4.78, 5) is 12.5. The molecule has 0 saturated heterocycles. The minimum atomic E-state index is -4.24. The van der Waals surface area contributed by atoms with Gasteiger partial charge in [0.15, 0.2) is 11.1 Å². The van der Waals surface area contributed by atoms with Crippen molar-refractivity contribution in [1.82, 2.24) is 4.72 Å². The van der Waals surface area contributed by atoms with Crippen LogP contribution in [0.5, 0.6) is 5.75 Å². The summed E-state index contributed by atoms with van der Waals surface area (Å²) < 4.78 is 60.5. The van der Waals surface area contributed by atoms with Gasteiger partial charge in [-0.2, -0.15) is 4.72 Å². The van der Waals surface area contributed by atoms with E-state index in [4.69, 9.17) is 13.8 Å². The van der Waals surface area contributed by atoms with E-state index in [9.17, 15) is 17.8 Å². The number of carbonyl (C=O) groups is 1. The lowest BCUT2D eigenvalue weighted by Gasteiger charge is -2.39. The lowest BCUT2D eigenvalue weighted by atomic mass is 9.92. The van der Waals surface area contributed by atoms with Gasteiger partial charge in [0.25, 0.3) is 0 Å². The fourth-order valence-corrected chi connectivity index (χ4v) is 7.55. The molecule has 1 N–H and O–H groups in total. The Hall–Kier alpha value is -2.29. The van der Waals surface area contributed by atoms with Crippen LogP contribution < -0.4 is 9.46 Å². The second-order valence-corrected chi connectivity index (χ2v) is 11.4. The quantitative estimate of drug-likeness (QED) is 0.455. The van der Waals surface area contributed by atoms with Crippen LogP contribution in [0.25, 0.3) is 0 Å². The van der Waals surface area contributed by atoms with Gasteiger partial charge in [-0.1, -0.05) is 38.1 Å². The van der Waals surface area contributed by atoms with Crippen LogP contribution in [0.4, 0.5) is 0 Å². The molecule has 0 bridgehead atoms. The zero-order valence-corrected chi connectivity index (χ0v) is 20.5. The highest BCUT2D eigenvalue weighted by Gasteiger charge is 2.56. The van der Waals surface area contributed by atoms with Gasteiger partial charge in [0.2, 0.25) is 10.0 Å². The van der Waals surface area contributed by atoms with Crippen molar-refractivity contribution >= 4 is 23.4 Å². The number of benzene rings is 2. The van der Waals surface area contributed by atoms with E-state index < -0.39 is 22.9 Å². The maximum Gasteiger partial charge on any atom is 0.360 e. The maximum absolute atomic E-state index is 14.3. The number of methoxy groups -OCH3 is 1. The highest BCUT2D eigenvalue weighted by Crippen LogP contribution is 2.66. The third-order valence-corrected chi connectivity index (χ3v) is 9.15. The number of nitrogens with one attached hydrogen (secondary N) is 1. The predicted octanol–water partition coefficient (Wildman–Crippen LogP) is 4.63. The predicted molar refractivity (Wildman–Crippen MR) is 125 cm³/mol. The second kappa shape index (κ2) is 10.3. The molecule has 1 atom stereocenters. The number of rotatable bonds is 11. The number of carbonyl (C=O) groups excluding carboxylic acids is 1. The first-order valence-electron chi connectivity index (χ1n) is 10.6. The molecule has 2 aromatic carbocycles. The van der Waals surface area contributed by atoms with Gasteiger partial charge in [-0.25, -0.2) is 8.42 Å². The van der Waals surface area contributed by atoms with Crippen LogP contribution in [-0.2, 0) is 28.9 Å². The molecule has 0 aromatic heterocycles. The molecule has 0 heterocycles. The Bertz CT molecular complexity index is 1170. The topological polar surface area (TPSA) is 108 Å². The second-order valence-electron chi connectivity index (χ2n) is 7.45. The number of allylic oxidation sites excluding steroid dienone is 1. The van der Waals surface area contributed by atoms with Crippen LogP contribution in [0.15, 0.2) is 65.6 Å². The van der Waals surface area contributed by atoms with Crippen molar-refractivity contribution in [1.29, 1.82) is 0 Å². The summed E-state index contributed by atoms with van der Waals surface area (Å²) in [6, 6.07) is 12.2. The van der Waals surface area contributed by atoms with E-state index >= 15 is 0 Å². The van der Waals surface area contributed by atoms with E-state index in [1.54, 1.807) is 24.3 Å². The SMILES string of the molecule is CCCOP(=O)(OCCC)C1(NS(=O)(=O)c2ccc(OC)cc2)C=CC(=O)c2ccccc21. The number of hydrogen-bond donors (Lipinski definition) is 1. The van der Waals surface area contributed by atoms with Gasteiger partial charge >= 0.3 is 7.60 Å².